The lowest BCUT2D eigenvalue weighted by Gasteiger charge is -2.27. The van der Waals surface area contributed by atoms with Gasteiger partial charge < -0.3 is 15.5 Å². The van der Waals surface area contributed by atoms with Gasteiger partial charge in [-0.1, -0.05) is 54.6 Å². The van der Waals surface area contributed by atoms with Gasteiger partial charge in [0.1, 0.15) is 11.8 Å². The highest BCUT2D eigenvalue weighted by Gasteiger charge is 2.32. The summed E-state index contributed by atoms with van der Waals surface area (Å²) >= 11 is 0. The minimum Gasteiger partial charge on any atom is -0.374 e. The Hall–Kier alpha value is -4.71. The van der Waals surface area contributed by atoms with Crippen LogP contribution >= 0.6 is 0 Å². The molecule has 3 aromatic carbocycles. The average Bonchev–Trinajstić information content (AvgIpc) is 3.36. The average molecular weight is 502 g/mol. The van der Waals surface area contributed by atoms with Gasteiger partial charge in [0, 0.05) is 53.3 Å². The van der Waals surface area contributed by atoms with E-state index in [9.17, 15) is 14.4 Å². The van der Waals surface area contributed by atoms with Crippen molar-refractivity contribution in [3.63, 3.8) is 0 Å². The lowest BCUT2D eigenvalue weighted by Crippen LogP contribution is -2.36. The molecule has 1 aliphatic carbocycles. The summed E-state index contributed by atoms with van der Waals surface area (Å²) in [6, 6.07) is 23.8. The van der Waals surface area contributed by atoms with Crippen molar-refractivity contribution in [2.24, 2.45) is 0 Å². The first kappa shape index (κ1) is 23.7. The highest BCUT2D eigenvalue weighted by atomic mass is 16.2. The lowest BCUT2D eigenvalue weighted by atomic mass is 9.98. The minimum absolute atomic E-state index is 0.0595. The molecule has 0 bridgehead atoms. The van der Waals surface area contributed by atoms with Crippen LogP contribution < -0.4 is 10.6 Å². The van der Waals surface area contributed by atoms with Gasteiger partial charge in [0.15, 0.2) is 5.78 Å². The molecule has 6 nitrogen and oxygen atoms in total. The van der Waals surface area contributed by atoms with E-state index in [4.69, 9.17) is 0 Å². The summed E-state index contributed by atoms with van der Waals surface area (Å²) in [4.78, 5) is 40.9. The molecule has 1 amide bonds. The molecule has 0 fully saturated rings. The second kappa shape index (κ2) is 9.98. The molecule has 2 aliphatic heterocycles. The number of carbonyl (C=O) groups is 3. The topological polar surface area (TPSA) is 78.5 Å². The molecule has 1 unspecified atom stereocenters. The van der Waals surface area contributed by atoms with Crippen LogP contribution in [0.3, 0.4) is 0 Å². The molecule has 2 N–H and O–H groups in total. The van der Waals surface area contributed by atoms with Crippen LogP contribution in [0.5, 0.6) is 0 Å². The summed E-state index contributed by atoms with van der Waals surface area (Å²) in [7, 11) is 0. The molecule has 6 heteroatoms. The smallest absolute Gasteiger partial charge is 0.256 e. The van der Waals surface area contributed by atoms with Crippen LogP contribution in [0.1, 0.15) is 40.0 Å². The predicted molar refractivity (Wildman–Crippen MR) is 147 cm³/mol. The molecule has 188 valence electrons. The molecule has 6 rings (SSSR count). The molecule has 3 aliphatic rings. The van der Waals surface area contributed by atoms with Crippen molar-refractivity contribution in [1.82, 2.24) is 10.2 Å². The van der Waals surface area contributed by atoms with Gasteiger partial charge in [0.2, 0.25) is 0 Å². The standard InChI is InChI=1S/C32H27N3O3/c36-25-16-17-28-30(20-25)35-18-6-9-24(35)19-29(34-28)31(37)22-12-14-23(15-13-22)33-32(38)27-11-5-4-10-26(27)21-7-2-1-3-8-21/h1-15,19,29,34H,16-18,20H2,(H,33,38). The third-order valence-electron chi connectivity index (χ3n) is 7.21. The van der Waals surface area contributed by atoms with Crippen molar-refractivity contribution in [2.75, 3.05) is 11.9 Å². The highest BCUT2D eigenvalue weighted by molar-refractivity contribution is 6.09. The first-order valence-electron chi connectivity index (χ1n) is 12.8. The van der Waals surface area contributed by atoms with Crippen molar-refractivity contribution in [3.05, 3.63) is 125 Å². The molecule has 2 heterocycles. The molecule has 0 saturated carbocycles. The highest BCUT2D eigenvalue weighted by Crippen LogP contribution is 2.33. The summed E-state index contributed by atoms with van der Waals surface area (Å²) in [5, 5.41) is 6.37. The van der Waals surface area contributed by atoms with Crippen molar-refractivity contribution in [1.29, 1.82) is 0 Å². The molecule has 0 saturated heterocycles. The van der Waals surface area contributed by atoms with E-state index in [1.807, 2.05) is 66.7 Å². The Bertz CT molecular complexity index is 1520. The minimum atomic E-state index is -0.533. The number of rotatable bonds is 5. The molecule has 38 heavy (non-hydrogen) atoms. The fraction of sp³-hybridized carbons (Fsp3) is 0.156. The molecular weight excluding hydrogens is 474 g/mol. The number of hydrogen-bond acceptors (Lipinski definition) is 5. The maximum atomic E-state index is 13.5. The Morgan fingerprint density at radius 2 is 1.66 bits per heavy atom. The van der Waals surface area contributed by atoms with Crippen LogP contribution in [0.4, 0.5) is 5.69 Å². The quantitative estimate of drug-likeness (QED) is 0.453. The second-order valence-electron chi connectivity index (χ2n) is 9.67. The van der Waals surface area contributed by atoms with Gasteiger partial charge >= 0.3 is 0 Å². The number of allylic oxidation sites excluding steroid dienone is 3. The van der Waals surface area contributed by atoms with E-state index >= 15 is 0 Å². The Labute approximate surface area is 221 Å². The van der Waals surface area contributed by atoms with Gasteiger partial charge in [-0.05, 0) is 60.0 Å². The molecule has 3 aromatic rings. The van der Waals surface area contributed by atoms with Crippen LogP contribution in [0, 0.1) is 0 Å². The van der Waals surface area contributed by atoms with E-state index in [1.165, 1.54) is 0 Å². The summed E-state index contributed by atoms with van der Waals surface area (Å²) in [5.74, 6) is -0.0422. The Kier molecular flexibility index (Phi) is 6.22. The number of anilines is 1. The van der Waals surface area contributed by atoms with Crippen LogP contribution in [-0.4, -0.2) is 35.0 Å². The fourth-order valence-corrected chi connectivity index (χ4v) is 5.28. The number of benzene rings is 3. The molecule has 0 spiro atoms. The third-order valence-corrected chi connectivity index (χ3v) is 7.21. The zero-order valence-electron chi connectivity index (χ0n) is 20.8. The Balaban J connectivity index is 1.20. The van der Waals surface area contributed by atoms with Crippen molar-refractivity contribution < 1.29 is 14.4 Å². The molecular formula is C32H27N3O3. The van der Waals surface area contributed by atoms with Crippen molar-refractivity contribution >= 4 is 23.2 Å². The number of Topliss-reactive ketones (excluding diaryl/α,β-unsaturated/α-hetero) is 2. The molecule has 0 radical (unpaired) electrons. The van der Waals surface area contributed by atoms with E-state index < -0.39 is 6.04 Å². The summed E-state index contributed by atoms with van der Waals surface area (Å²) in [6.45, 7) is 0.711. The number of carbonyl (C=O) groups excluding carboxylic acids is 3. The van der Waals surface area contributed by atoms with Crippen molar-refractivity contribution in [3.8, 4) is 11.1 Å². The molecule has 1 atom stereocenters. The van der Waals surface area contributed by atoms with E-state index in [0.29, 0.717) is 42.6 Å². The Morgan fingerprint density at radius 3 is 2.47 bits per heavy atom. The van der Waals surface area contributed by atoms with Crippen LogP contribution in [0.2, 0.25) is 0 Å². The monoisotopic (exact) mass is 501 g/mol. The SMILES string of the molecule is O=C1CCC2=C(C1)N1CC=CC1=CC(C(=O)c1ccc(NC(=O)c3ccccc3-c3ccccc3)cc1)N2. The second-order valence-corrected chi connectivity index (χ2v) is 9.67. The van der Waals surface area contributed by atoms with Gasteiger partial charge in [-0.2, -0.15) is 0 Å². The zero-order chi connectivity index (χ0) is 26.1. The largest absolute Gasteiger partial charge is 0.374 e. The third kappa shape index (κ3) is 4.57. The fourth-order valence-electron chi connectivity index (χ4n) is 5.28. The van der Waals surface area contributed by atoms with Crippen LogP contribution in [0.25, 0.3) is 11.1 Å². The maximum Gasteiger partial charge on any atom is 0.256 e. The van der Waals surface area contributed by atoms with E-state index in [2.05, 4.69) is 21.6 Å². The summed E-state index contributed by atoms with van der Waals surface area (Å²) in [5.41, 5.74) is 6.46. The first-order valence-corrected chi connectivity index (χ1v) is 12.8. The van der Waals surface area contributed by atoms with Crippen LogP contribution in [0.15, 0.2) is 114 Å². The number of fused-ring (bicyclic) bond motifs is 2. The van der Waals surface area contributed by atoms with Gasteiger partial charge in [-0.15, -0.1) is 0 Å². The first-order chi connectivity index (χ1) is 18.6. The number of ketones is 2. The maximum absolute atomic E-state index is 13.5. The summed E-state index contributed by atoms with van der Waals surface area (Å²) < 4.78 is 0. The van der Waals surface area contributed by atoms with Gasteiger partial charge in [0.25, 0.3) is 5.91 Å². The predicted octanol–water partition coefficient (Wildman–Crippen LogP) is 5.48. The van der Waals surface area contributed by atoms with E-state index in [-0.39, 0.29) is 17.5 Å². The zero-order valence-corrected chi connectivity index (χ0v) is 20.8. The van der Waals surface area contributed by atoms with Crippen molar-refractivity contribution in [2.45, 2.75) is 25.3 Å². The Morgan fingerprint density at radius 1 is 0.895 bits per heavy atom. The number of nitrogens with one attached hydrogen (secondary N) is 2. The van der Waals surface area contributed by atoms with Gasteiger partial charge in [-0.3, -0.25) is 14.4 Å². The van der Waals surface area contributed by atoms with Gasteiger partial charge in [-0.25, -0.2) is 0 Å². The number of nitrogens with zero attached hydrogens (tertiary/aromatic N) is 1. The number of amides is 1. The van der Waals surface area contributed by atoms with Gasteiger partial charge in [0.05, 0.1) is 0 Å². The van der Waals surface area contributed by atoms with E-state index in [0.717, 1.165) is 28.2 Å². The van der Waals surface area contributed by atoms with E-state index in [1.54, 1.807) is 24.3 Å². The molecule has 0 aromatic heterocycles. The lowest BCUT2D eigenvalue weighted by molar-refractivity contribution is -0.119. The van der Waals surface area contributed by atoms with Crippen LogP contribution in [-0.2, 0) is 4.79 Å². The number of hydrogen-bond donors (Lipinski definition) is 2. The normalized spacial score (nSPS) is 18.2. The summed E-state index contributed by atoms with van der Waals surface area (Å²) in [6.07, 6.45) is 7.49.